The summed E-state index contributed by atoms with van der Waals surface area (Å²) >= 11 is 5.96. The summed E-state index contributed by atoms with van der Waals surface area (Å²) in [5.74, 6) is -1.02. The van der Waals surface area contributed by atoms with E-state index in [4.69, 9.17) is 16.7 Å². The molecule has 0 aromatic heterocycles. The van der Waals surface area contributed by atoms with E-state index >= 15 is 0 Å². The largest absolute Gasteiger partial charge is 0.481 e. The molecule has 0 radical (unpaired) electrons. The molecule has 1 aliphatic heterocycles. The van der Waals surface area contributed by atoms with Crippen LogP contribution in [0.4, 0.5) is 0 Å². The minimum absolute atomic E-state index is 0.000544. The molecule has 110 valence electrons. The number of aliphatic carboxylic acids is 1. The second kappa shape index (κ2) is 5.71. The number of carboxylic acid groups (broad SMARTS) is 1. The van der Waals surface area contributed by atoms with E-state index in [1.807, 2.05) is 0 Å². The van der Waals surface area contributed by atoms with Crippen LogP contribution in [0.25, 0.3) is 0 Å². The van der Waals surface area contributed by atoms with E-state index in [9.17, 15) is 13.2 Å². The van der Waals surface area contributed by atoms with Gasteiger partial charge in [0.15, 0.2) is 0 Å². The molecule has 1 saturated heterocycles. The minimum atomic E-state index is -3.60. The van der Waals surface area contributed by atoms with Crippen molar-refractivity contribution in [3.8, 4) is 0 Å². The van der Waals surface area contributed by atoms with Gasteiger partial charge in [0.2, 0.25) is 10.0 Å². The molecule has 1 N–H and O–H groups in total. The first-order valence-corrected chi connectivity index (χ1v) is 8.11. The predicted octanol–water partition coefficient (Wildman–Crippen LogP) is 2.13. The van der Waals surface area contributed by atoms with Crippen LogP contribution in [0.5, 0.6) is 0 Å². The normalized spacial score (nSPS) is 20.2. The Morgan fingerprint density at radius 1 is 1.50 bits per heavy atom. The van der Waals surface area contributed by atoms with Crippen LogP contribution in [0.15, 0.2) is 23.1 Å². The van der Waals surface area contributed by atoms with Crippen LogP contribution in [0, 0.1) is 12.8 Å². The first-order valence-electron chi connectivity index (χ1n) is 6.29. The van der Waals surface area contributed by atoms with Gasteiger partial charge >= 0.3 is 5.97 Å². The molecule has 0 saturated carbocycles. The Morgan fingerprint density at radius 3 is 2.85 bits per heavy atom. The van der Waals surface area contributed by atoms with E-state index < -0.39 is 16.0 Å². The molecular weight excluding hydrogens is 302 g/mol. The van der Waals surface area contributed by atoms with E-state index in [1.165, 1.54) is 10.4 Å². The fraction of sp³-hybridized carbons (Fsp3) is 0.462. The maximum absolute atomic E-state index is 12.6. The number of carbonyl (C=O) groups is 1. The average Bonchev–Trinajstić information content (AvgIpc) is 2.80. The summed E-state index contributed by atoms with van der Waals surface area (Å²) in [6.45, 7) is 2.27. The number of nitrogens with zero attached hydrogens (tertiary/aromatic N) is 1. The molecule has 5 nitrogen and oxygen atoms in total. The summed E-state index contributed by atoms with van der Waals surface area (Å²) in [4.78, 5) is 10.9. The van der Waals surface area contributed by atoms with E-state index in [0.29, 0.717) is 23.6 Å². The molecule has 0 bridgehead atoms. The van der Waals surface area contributed by atoms with Crippen molar-refractivity contribution in [3.63, 3.8) is 0 Å². The van der Waals surface area contributed by atoms with Crippen molar-refractivity contribution in [2.24, 2.45) is 5.92 Å². The summed E-state index contributed by atoms with van der Waals surface area (Å²) in [6.07, 6.45) is 0.575. The van der Waals surface area contributed by atoms with E-state index in [2.05, 4.69) is 0 Å². The smallest absolute Gasteiger partial charge is 0.303 e. The molecule has 1 aromatic carbocycles. The molecule has 20 heavy (non-hydrogen) atoms. The Kier molecular flexibility index (Phi) is 4.36. The van der Waals surface area contributed by atoms with Gasteiger partial charge in [-0.3, -0.25) is 4.79 Å². The second-order valence-electron chi connectivity index (χ2n) is 4.98. The summed E-state index contributed by atoms with van der Waals surface area (Å²) in [6, 6.07) is 4.78. The number of hydrogen-bond acceptors (Lipinski definition) is 3. The van der Waals surface area contributed by atoms with Gasteiger partial charge in [0.25, 0.3) is 0 Å². The molecule has 1 unspecified atom stereocenters. The topological polar surface area (TPSA) is 74.7 Å². The van der Waals surface area contributed by atoms with Crippen molar-refractivity contribution in [2.45, 2.75) is 24.7 Å². The van der Waals surface area contributed by atoms with Crippen LogP contribution in [0.2, 0.25) is 5.02 Å². The molecule has 0 amide bonds. The third-order valence-corrected chi connectivity index (χ3v) is 5.97. The summed E-state index contributed by atoms with van der Waals surface area (Å²) in [5, 5.41) is 9.18. The van der Waals surface area contributed by atoms with Crippen molar-refractivity contribution < 1.29 is 18.3 Å². The van der Waals surface area contributed by atoms with Gasteiger partial charge in [-0.2, -0.15) is 4.31 Å². The Balaban J connectivity index is 2.24. The molecule has 1 heterocycles. The Bertz CT molecular complexity index is 629. The van der Waals surface area contributed by atoms with Crippen LogP contribution in [0.3, 0.4) is 0 Å². The van der Waals surface area contributed by atoms with E-state index in [1.54, 1.807) is 19.1 Å². The fourth-order valence-corrected chi connectivity index (χ4v) is 4.44. The zero-order valence-electron chi connectivity index (χ0n) is 11.0. The highest BCUT2D eigenvalue weighted by Gasteiger charge is 2.34. The summed E-state index contributed by atoms with van der Waals surface area (Å²) in [5.41, 5.74) is 0.524. The number of benzene rings is 1. The Hall–Kier alpha value is -1.11. The molecule has 2 rings (SSSR count). The number of hydrogen-bond donors (Lipinski definition) is 1. The van der Waals surface area contributed by atoms with Gasteiger partial charge in [0.05, 0.1) is 4.90 Å². The third kappa shape index (κ3) is 2.97. The average molecular weight is 318 g/mol. The number of halogens is 1. The van der Waals surface area contributed by atoms with Crippen LogP contribution >= 0.6 is 11.6 Å². The van der Waals surface area contributed by atoms with Crippen LogP contribution in [0.1, 0.15) is 18.4 Å². The van der Waals surface area contributed by atoms with Gasteiger partial charge in [-0.15, -0.1) is 0 Å². The first kappa shape index (κ1) is 15.3. The standard InChI is InChI=1S/C13H16ClNO4S/c1-9-11(14)3-2-4-12(9)20(18,19)15-6-5-10(8-15)7-13(16)17/h2-4,10H,5-8H2,1H3,(H,16,17). The lowest BCUT2D eigenvalue weighted by molar-refractivity contribution is -0.137. The monoisotopic (exact) mass is 317 g/mol. The highest BCUT2D eigenvalue weighted by atomic mass is 35.5. The molecule has 0 spiro atoms. The van der Waals surface area contributed by atoms with Gasteiger partial charge in [-0.05, 0) is 37.0 Å². The quantitative estimate of drug-likeness (QED) is 0.923. The lowest BCUT2D eigenvalue weighted by Gasteiger charge is -2.18. The van der Waals surface area contributed by atoms with Crippen LogP contribution in [-0.4, -0.2) is 36.9 Å². The third-order valence-electron chi connectivity index (χ3n) is 3.55. The summed E-state index contributed by atoms with van der Waals surface area (Å²) in [7, 11) is -3.60. The van der Waals surface area contributed by atoms with Gasteiger partial charge < -0.3 is 5.11 Å². The zero-order chi connectivity index (χ0) is 14.9. The van der Waals surface area contributed by atoms with Crippen LogP contribution < -0.4 is 0 Å². The SMILES string of the molecule is Cc1c(Cl)cccc1S(=O)(=O)N1CCC(CC(=O)O)C1. The van der Waals surface area contributed by atoms with Crippen molar-refractivity contribution in [3.05, 3.63) is 28.8 Å². The van der Waals surface area contributed by atoms with Crippen molar-refractivity contribution in [2.75, 3.05) is 13.1 Å². The highest BCUT2D eigenvalue weighted by Crippen LogP contribution is 2.30. The highest BCUT2D eigenvalue weighted by molar-refractivity contribution is 7.89. The van der Waals surface area contributed by atoms with Crippen molar-refractivity contribution in [1.82, 2.24) is 4.31 Å². The molecular formula is C13H16ClNO4S. The summed E-state index contributed by atoms with van der Waals surface area (Å²) < 4.78 is 26.5. The molecule has 1 aromatic rings. The number of rotatable bonds is 4. The number of sulfonamides is 1. The molecule has 1 fully saturated rings. The molecule has 0 aliphatic carbocycles. The maximum atomic E-state index is 12.6. The fourth-order valence-electron chi connectivity index (χ4n) is 2.44. The van der Waals surface area contributed by atoms with E-state index in [0.717, 1.165) is 0 Å². The maximum Gasteiger partial charge on any atom is 0.303 e. The van der Waals surface area contributed by atoms with E-state index in [-0.39, 0.29) is 23.8 Å². The van der Waals surface area contributed by atoms with Gasteiger partial charge in [-0.25, -0.2) is 8.42 Å². The lowest BCUT2D eigenvalue weighted by Crippen LogP contribution is -2.29. The second-order valence-corrected chi connectivity index (χ2v) is 7.29. The number of carboxylic acids is 1. The van der Waals surface area contributed by atoms with Gasteiger partial charge in [0, 0.05) is 24.5 Å². The minimum Gasteiger partial charge on any atom is -0.481 e. The van der Waals surface area contributed by atoms with Gasteiger partial charge in [-0.1, -0.05) is 17.7 Å². The lowest BCUT2D eigenvalue weighted by atomic mass is 10.1. The van der Waals surface area contributed by atoms with Crippen LogP contribution in [-0.2, 0) is 14.8 Å². The Morgan fingerprint density at radius 2 is 2.20 bits per heavy atom. The zero-order valence-corrected chi connectivity index (χ0v) is 12.6. The predicted molar refractivity (Wildman–Crippen MR) is 75.3 cm³/mol. The molecule has 1 aliphatic rings. The van der Waals surface area contributed by atoms with Crippen molar-refractivity contribution >= 4 is 27.6 Å². The Labute approximate surface area is 123 Å². The molecule has 7 heteroatoms. The molecule has 1 atom stereocenters. The van der Waals surface area contributed by atoms with Crippen molar-refractivity contribution in [1.29, 1.82) is 0 Å². The van der Waals surface area contributed by atoms with Gasteiger partial charge in [0.1, 0.15) is 0 Å². The first-order chi connectivity index (χ1) is 9.32.